The second-order valence-electron chi connectivity index (χ2n) is 4.64. The summed E-state index contributed by atoms with van der Waals surface area (Å²) in [5.74, 6) is -0.145. The highest BCUT2D eigenvalue weighted by Gasteiger charge is 2.07. The number of benzene rings is 2. The highest BCUT2D eigenvalue weighted by atomic mass is 79.9. The van der Waals surface area contributed by atoms with E-state index < -0.39 is 5.82 Å². The molecular weight excluding hydrogens is 406 g/mol. The van der Waals surface area contributed by atoms with Crippen LogP contribution in [0.15, 0.2) is 45.9 Å². The van der Waals surface area contributed by atoms with Crippen LogP contribution in [0.25, 0.3) is 0 Å². The van der Waals surface area contributed by atoms with E-state index in [0.717, 1.165) is 10.2 Å². The molecule has 0 fully saturated rings. The Morgan fingerprint density at radius 3 is 2.65 bits per heavy atom. The minimum absolute atomic E-state index is 0.0510. The first-order valence-corrected chi connectivity index (χ1v) is 8.11. The van der Waals surface area contributed by atoms with Gasteiger partial charge < -0.3 is 16.0 Å². The standard InChI is InChI=1S/C15H14BrCl2FN4/c1-23(10-3-4-12(17)11(16)7-10)15(20)22-8-21-9-2-5-14(19)13(18)6-9/h2-7,21H,8H2,1H3,(H2,20,22). The number of guanidine groups is 1. The average Bonchev–Trinajstić information content (AvgIpc) is 2.52. The fourth-order valence-electron chi connectivity index (χ4n) is 1.75. The summed E-state index contributed by atoms with van der Waals surface area (Å²) in [5, 5.41) is 3.66. The normalized spacial score (nSPS) is 11.4. The Labute approximate surface area is 152 Å². The Morgan fingerprint density at radius 1 is 1.26 bits per heavy atom. The van der Waals surface area contributed by atoms with Gasteiger partial charge >= 0.3 is 0 Å². The number of halogens is 4. The van der Waals surface area contributed by atoms with Crippen LogP contribution in [0.2, 0.25) is 10.0 Å². The summed E-state index contributed by atoms with van der Waals surface area (Å²) < 4.78 is 13.8. The molecule has 0 unspecified atom stereocenters. The van der Waals surface area contributed by atoms with Crippen molar-refractivity contribution in [3.63, 3.8) is 0 Å². The summed E-state index contributed by atoms with van der Waals surface area (Å²) in [6.07, 6.45) is 0. The van der Waals surface area contributed by atoms with Gasteiger partial charge in [-0.05, 0) is 52.3 Å². The van der Waals surface area contributed by atoms with Crippen molar-refractivity contribution in [2.45, 2.75) is 0 Å². The van der Waals surface area contributed by atoms with Gasteiger partial charge in [-0.15, -0.1) is 0 Å². The van der Waals surface area contributed by atoms with E-state index in [0.29, 0.717) is 16.7 Å². The number of anilines is 2. The zero-order valence-corrected chi connectivity index (χ0v) is 15.3. The molecule has 2 rings (SSSR count). The quantitative estimate of drug-likeness (QED) is 0.557. The molecule has 122 valence electrons. The van der Waals surface area contributed by atoms with E-state index in [4.69, 9.17) is 28.9 Å². The first-order valence-electron chi connectivity index (χ1n) is 6.56. The van der Waals surface area contributed by atoms with Gasteiger partial charge in [0.15, 0.2) is 5.96 Å². The largest absolute Gasteiger partial charge is 0.369 e. The van der Waals surface area contributed by atoms with E-state index in [9.17, 15) is 4.39 Å². The molecule has 0 saturated heterocycles. The number of rotatable bonds is 4. The lowest BCUT2D eigenvalue weighted by Gasteiger charge is -2.19. The summed E-state index contributed by atoms with van der Waals surface area (Å²) in [4.78, 5) is 5.95. The summed E-state index contributed by atoms with van der Waals surface area (Å²) in [5.41, 5.74) is 7.45. The molecule has 2 aromatic rings. The second-order valence-corrected chi connectivity index (χ2v) is 6.31. The summed E-state index contributed by atoms with van der Waals surface area (Å²) >= 11 is 15.0. The predicted molar refractivity (Wildman–Crippen MR) is 99.1 cm³/mol. The molecule has 0 aliphatic heterocycles. The molecule has 8 heteroatoms. The molecule has 23 heavy (non-hydrogen) atoms. The van der Waals surface area contributed by atoms with Crippen LogP contribution < -0.4 is 16.0 Å². The molecule has 0 radical (unpaired) electrons. The van der Waals surface area contributed by atoms with Gasteiger partial charge in [-0.25, -0.2) is 9.38 Å². The van der Waals surface area contributed by atoms with Gasteiger partial charge in [0.25, 0.3) is 0 Å². The highest BCUT2D eigenvalue weighted by molar-refractivity contribution is 9.10. The molecule has 0 amide bonds. The van der Waals surface area contributed by atoms with E-state index in [2.05, 4.69) is 26.2 Å². The predicted octanol–water partition coefficient (Wildman–Crippen LogP) is 4.72. The van der Waals surface area contributed by atoms with E-state index >= 15 is 0 Å². The number of aliphatic imine (C=N–C) groups is 1. The maximum atomic E-state index is 13.1. The molecule has 3 N–H and O–H groups in total. The van der Waals surface area contributed by atoms with Gasteiger partial charge in [0.2, 0.25) is 0 Å². The van der Waals surface area contributed by atoms with Crippen LogP contribution in [-0.2, 0) is 0 Å². The van der Waals surface area contributed by atoms with Gasteiger partial charge in [-0.1, -0.05) is 23.2 Å². The van der Waals surface area contributed by atoms with Gasteiger partial charge in [-0.2, -0.15) is 0 Å². The summed E-state index contributed by atoms with van der Waals surface area (Å²) in [7, 11) is 1.79. The second kappa shape index (κ2) is 7.86. The molecule has 0 bridgehead atoms. The minimum Gasteiger partial charge on any atom is -0.369 e. The molecule has 4 nitrogen and oxygen atoms in total. The van der Waals surface area contributed by atoms with E-state index in [1.807, 2.05) is 12.1 Å². The van der Waals surface area contributed by atoms with Crippen molar-refractivity contribution in [3.8, 4) is 0 Å². The third-order valence-electron chi connectivity index (χ3n) is 3.08. The van der Waals surface area contributed by atoms with Crippen LogP contribution in [0, 0.1) is 5.82 Å². The van der Waals surface area contributed by atoms with Gasteiger partial charge in [-0.3, -0.25) is 0 Å². The Hall–Kier alpha value is -1.50. The third kappa shape index (κ3) is 4.73. The Bertz CT molecular complexity index is 739. The Morgan fingerprint density at radius 2 is 2.00 bits per heavy atom. The van der Waals surface area contributed by atoms with Crippen LogP contribution in [0.5, 0.6) is 0 Å². The van der Waals surface area contributed by atoms with Gasteiger partial charge in [0.05, 0.1) is 10.0 Å². The molecule has 2 aromatic carbocycles. The maximum absolute atomic E-state index is 13.1. The van der Waals surface area contributed by atoms with Gasteiger partial charge in [0, 0.05) is 22.9 Å². The van der Waals surface area contributed by atoms with Crippen molar-refractivity contribution in [1.29, 1.82) is 0 Å². The summed E-state index contributed by atoms with van der Waals surface area (Å²) in [6.45, 7) is 0.229. The van der Waals surface area contributed by atoms with Crippen LogP contribution in [0.3, 0.4) is 0 Å². The van der Waals surface area contributed by atoms with Crippen molar-refractivity contribution >= 4 is 56.5 Å². The minimum atomic E-state index is -0.465. The van der Waals surface area contributed by atoms with E-state index in [1.165, 1.54) is 12.1 Å². The first-order chi connectivity index (χ1) is 10.9. The van der Waals surface area contributed by atoms with Crippen molar-refractivity contribution in [2.75, 3.05) is 23.9 Å². The van der Waals surface area contributed by atoms with Crippen molar-refractivity contribution in [2.24, 2.45) is 10.7 Å². The zero-order chi connectivity index (χ0) is 17.0. The van der Waals surface area contributed by atoms with E-state index in [1.54, 1.807) is 24.1 Å². The van der Waals surface area contributed by atoms with Crippen LogP contribution >= 0.6 is 39.1 Å². The maximum Gasteiger partial charge on any atom is 0.197 e. The lowest BCUT2D eigenvalue weighted by molar-refractivity contribution is 0.628. The molecule has 0 saturated carbocycles. The van der Waals surface area contributed by atoms with Crippen molar-refractivity contribution in [1.82, 2.24) is 0 Å². The Kier molecular flexibility index (Phi) is 6.10. The number of hydrogen-bond acceptors (Lipinski definition) is 2. The number of hydrogen-bond donors (Lipinski definition) is 2. The smallest absolute Gasteiger partial charge is 0.197 e. The lowest BCUT2D eigenvalue weighted by atomic mass is 10.3. The van der Waals surface area contributed by atoms with Gasteiger partial charge in [0.1, 0.15) is 12.5 Å². The molecule has 0 aromatic heterocycles. The topological polar surface area (TPSA) is 53.6 Å². The summed E-state index contributed by atoms with van der Waals surface area (Å²) in [6, 6.07) is 9.80. The van der Waals surface area contributed by atoms with Crippen molar-refractivity contribution in [3.05, 3.63) is 56.7 Å². The molecular formula is C15H14BrCl2FN4. The van der Waals surface area contributed by atoms with Crippen LogP contribution in [0.1, 0.15) is 0 Å². The third-order valence-corrected chi connectivity index (χ3v) is 4.58. The number of nitrogens with one attached hydrogen (secondary N) is 1. The fraction of sp³-hybridized carbons (Fsp3) is 0.133. The SMILES string of the molecule is CN(C(N)=NCNc1ccc(F)c(Cl)c1)c1ccc(Cl)c(Br)c1. The number of nitrogens with zero attached hydrogens (tertiary/aromatic N) is 2. The van der Waals surface area contributed by atoms with Crippen LogP contribution in [0.4, 0.5) is 15.8 Å². The number of nitrogens with two attached hydrogens (primary N) is 1. The average molecular weight is 420 g/mol. The lowest BCUT2D eigenvalue weighted by Crippen LogP contribution is -2.34. The Balaban J connectivity index is 2.01. The van der Waals surface area contributed by atoms with Crippen molar-refractivity contribution < 1.29 is 4.39 Å². The highest BCUT2D eigenvalue weighted by Crippen LogP contribution is 2.27. The molecule has 0 aliphatic carbocycles. The fourth-order valence-corrected chi connectivity index (χ4v) is 2.41. The molecule has 0 heterocycles. The zero-order valence-electron chi connectivity index (χ0n) is 12.2. The first kappa shape index (κ1) is 17.8. The van der Waals surface area contributed by atoms with E-state index in [-0.39, 0.29) is 11.7 Å². The molecule has 0 atom stereocenters. The monoisotopic (exact) mass is 418 g/mol. The molecule has 0 spiro atoms. The molecule has 0 aliphatic rings. The van der Waals surface area contributed by atoms with Crippen LogP contribution in [-0.4, -0.2) is 19.7 Å².